The van der Waals surface area contributed by atoms with Gasteiger partial charge in [-0.2, -0.15) is 0 Å². The maximum atomic E-state index is 12.6. The number of nitrogens with one attached hydrogen (secondary N) is 1. The van der Waals surface area contributed by atoms with E-state index in [-0.39, 0.29) is 21.4 Å². The van der Waals surface area contributed by atoms with Crippen molar-refractivity contribution in [3.8, 4) is 0 Å². The standard InChI is InChI=1S/C16H18N2O5S2/c1-12(19)18(2)14-10-8-13(9-11-14)17-25(22,23)16-7-5-4-6-15(16)24(3,20)21/h4-11,17H,1-3H3. The van der Waals surface area contributed by atoms with Gasteiger partial charge in [0.1, 0.15) is 4.90 Å². The van der Waals surface area contributed by atoms with Gasteiger partial charge in [-0.25, -0.2) is 16.8 Å². The summed E-state index contributed by atoms with van der Waals surface area (Å²) in [6, 6.07) is 11.6. The molecule has 0 aromatic heterocycles. The predicted molar refractivity (Wildman–Crippen MR) is 95.9 cm³/mol. The van der Waals surface area contributed by atoms with Crippen LogP contribution < -0.4 is 9.62 Å². The Morgan fingerprint density at radius 2 is 1.44 bits per heavy atom. The number of carbonyl (C=O) groups is 1. The second-order valence-electron chi connectivity index (χ2n) is 5.45. The van der Waals surface area contributed by atoms with Gasteiger partial charge in [-0.15, -0.1) is 0 Å². The Morgan fingerprint density at radius 3 is 1.92 bits per heavy atom. The van der Waals surface area contributed by atoms with E-state index in [1.54, 1.807) is 19.2 Å². The Labute approximate surface area is 147 Å². The Hall–Kier alpha value is -2.39. The zero-order valence-corrected chi connectivity index (χ0v) is 15.6. The van der Waals surface area contributed by atoms with Crippen LogP contribution in [0.3, 0.4) is 0 Å². The summed E-state index contributed by atoms with van der Waals surface area (Å²) in [5.74, 6) is -0.157. The number of amides is 1. The van der Waals surface area contributed by atoms with Crippen LogP contribution in [0.1, 0.15) is 6.92 Å². The molecule has 0 spiro atoms. The van der Waals surface area contributed by atoms with E-state index >= 15 is 0 Å². The van der Waals surface area contributed by atoms with E-state index in [0.29, 0.717) is 5.69 Å². The summed E-state index contributed by atoms with van der Waals surface area (Å²) in [6.07, 6.45) is 0.952. The van der Waals surface area contributed by atoms with Gasteiger partial charge in [-0.3, -0.25) is 9.52 Å². The van der Waals surface area contributed by atoms with E-state index in [9.17, 15) is 21.6 Å². The fourth-order valence-electron chi connectivity index (χ4n) is 2.12. The quantitative estimate of drug-likeness (QED) is 0.851. The monoisotopic (exact) mass is 382 g/mol. The molecule has 0 fully saturated rings. The predicted octanol–water partition coefficient (Wildman–Crippen LogP) is 1.87. The number of anilines is 2. The number of nitrogens with zero attached hydrogens (tertiary/aromatic N) is 1. The summed E-state index contributed by atoms with van der Waals surface area (Å²) >= 11 is 0. The maximum absolute atomic E-state index is 12.6. The third-order valence-electron chi connectivity index (χ3n) is 3.52. The molecule has 0 aliphatic carbocycles. The summed E-state index contributed by atoms with van der Waals surface area (Å²) in [6.45, 7) is 1.42. The van der Waals surface area contributed by atoms with Gasteiger partial charge >= 0.3 is 0 Å². The zero-order valence-electron chi connectivity index (χ0n) is 13.9. The van der Waals surface area contributed by atoms with Gasteiger partial charge < -0.3 is 4.90 Å². The van der Waals surface area contributed by atoms with Crippen molar-refractivity contribution in [2.45, 2.75) is 16.7 Å². The van der Waals surface area contributed by atoms with Crippen LogP contribution in [0.25, 0.3) is 0 Å². The lowest BCUT2D eigenvalue weighted by Crippen LogP contribution is -2.22. The van der Waals surface area contributed by atoms with Crippen molar-refractivity contribution in [3.05, 3.63) is 48.5 Å². The lowest BCUT2D eigenvalue weighted by molar-refractivity contribution is -0.116. The average Bonchev–Trinajstić information content (AvgIpc) is 2.53. The molecule has 134 valence electrons. The molecule has 0 radical (unpaired) electrons. The topological polar surface area (TPSA) is 101 Å². The van der Waals surface area contributed by atoms with Crippen LogP contribution in [0.2, 0.25) is 0 Å². The van der Waals surface area contributed by atoms with E-state index in [2.05, 4.69) is 4.72 Å². The molecular weight excluding hydrogens is 364 g/mol. The molecule has 2 rings (SSSR count). The molecule has 9 heteroatoms. The first kappa shape index (κ1) is 18.9. The number of hydrogen-bond acceptors (Lipinski definition) is 5. The lowest BCUT2D eigenvalue weighted by atomic mass is 10.2. The van der Waals surface area contributed by atoms with Crippen LogP contribution in [0.15, 0.2) is 58.3 Å². The van der Waals surface area contributed by atoms with E-state index in [1.807, 2.05) is 0 Å². The number of rotatable bonds is 5. The molecule has 2 aromatic rings. The van der Waals surface area contributed by atoms with Crippen molar-refractivity contribution in [1.29, 1.82) is 0 Å². The molecule has 0 saturated heterocycles. The van der Waals surface area contributed by atoms with Crippen LogP contribution in [-0.4, -0.2) is 36.0 Å². The van der Waals surface area contributed by atoms with Crippen LogP contribution in [-0.2, 0) is 24.7 Å². The average molecular weight is 382 g/mol. The summed E-state index contributed by atoms with van der Waals surface area (Å²) in [7, 11) is -6.18. The van der Waals surface area contributed by atoms with E-state index < -0.39 is 19.9 Å². The van der Waals surface area contributed by atoms with Crippen molar-refractivity contribution in [2.24, 2.45) is 0 Å². The van der Waals surface area contributed by atoms with Crippen LogP contribution >= 0.6 is 0 Å². The number of sulfonamides is 1. The van der Waals surface area contributed by atoms with Crippen molar-refractivity contribution in [2.75, 3.05) is 22.9 Å². The highest BCUT2D eigenvalue weighted by Gasteiger charge is 2.23. The molecule has 1 N–H and O–H groups in total. The van der Waals surface area contributed by atoms with Crippen molar-refractivity contribution in [1.82, 2.24) is 0 Å². The fraction of sp³-hybridized carbons (Fsp3) is 0.188. The lowest BCUT2D eigenvalue weighted by Gasteiger charge is -2.16. The van der Waals surface area contributed by atoms with Crippen LogP contribution in [0, 0.1) is 0 Å². The highest BCUT2D eigenvalue weighted by Crippen LogP contribution is 2.24. The molecule has 7 nitrogen and oxygen atoms in total. The largest absolute Gasteiger partial charge is 0.316 e. The first-order valence-corrected chi connectivity index (χ1v) is 10.6. The fourth-order valence-corrected chi connectivity index (χ4v) is 4.81. The van der Waals surface area contributed by atoms with E-state index in [1.165, 1.54) is 48.2 Å². The van der Waals surface area contributed by atoms with Crippen molar-refractivity contribution >= 4 is 37.1 Å². The minimum atomic E-state index is -4.09. The molecule has 0 unspecified atom stereocenters. The van der Waals surface area contributed by atoms with Gasteiger partial charge in [0.15, 0.2) is 9.84 Å². The highest BCUT2D eigenvalue weighted by molar-refractivity contribution is 7.95. The van der Waals surface area contributed by atoms with Gasteiger partial charge in [-0.05, 0) is 36.4 Å². The smallest absolute Gasteiger partial charge is 0.263 e. The van der Waals surface area contributed by atoms with Crippen molar-refractivity contribution in [3.63, 3.8) is 0 Å². The van der Waals surface area contributed by atoms with Gasteiger partial charge in [0.25, 0.3) is 10.0 Å². The minimum absolute atomic E-state index is 0.157. The van der Waals surface area contributed by atoms with Gasteiger partial charge in [-0.1, -0.05) is 12.1 Å². The molecule has 0 saturated carbocycles. The first-order valence-electron chi connectivity index (χ1n) is 7.18. The highest BCUT2D eigenvalue weighted by atomic mass is 32.2. The Morgan fingerprint density at radius 1 is 0.920 bits per heavy atom. The van der Waals surface area contributed by atoms with Crippen LogP contribution in [0.4, 0.5) is 11.4 Å². The number of sulfone groups is 1. The van der Waals surface area contributed by atoms with Crippen LogP contribution in [0.5, 0.6) is 0 Å². The normalized spacial score (nSPS) is 11.8. The SMILES string of the molecule is CC(=O)N(C)c1ccc(NS(=O)(=O)c2ccccc2S(C)(=O)=O)cc1. The Kier molecular flexibility index (Phi) is 5.19. The minimum Gasteiger partial charge on any atom is -0.316 e. The summed E-state index contributed by atoms with van der Waals surface area (Å²) in [5, 5.41) is 0. The third kappa shape index (κ3) is 4.37. The molecule has 2 aromatic carbocycles. The number of carbonyl (C=O) groups excluding carboxylic acids is 1. The molecule has 0 atom stereocenters. The summed E-state index contributed by atoms with van der Waals surface area (Å²) < 4.78 is 51.1. The van der Waals surface area contributed by atoms with Gasteiger partial charge in [0, 0.05) is 31.6 Å². The van der Waals surface area contributed by atoms with Gasteiger partial charge in [0.2, 0.25) is 5.91 Å². The maximum Gasteiger partial charge on any atom is 0.263 e. The molecule has 0 aliphatic rings. The second-order valence-corrected chi connectivity index (χ2v) is 9.08. The molecular formula is C16H18N2O5S2. The molecule has 0 heterocycles. The molecule has 25 heavy (non-hydrogen) atoms. The Balaban J connectivity index is 2.36. The summed E-state index contributed by atoms with van der Waals surface area (Å²) in [5.41, 5.74) is 0.857. The third-order valence-corrected chi connectivity index (χ3v) is 6.24. The van der Waals surface area contributed by atoms with Crippen molar-refractivity contribution < 1.29 is 21.6 Å². The number of benzene rings is 2. The number of hydrogen-bond donors (Lipinski definition) is 1. The second kappa shape index (κ2) is 6.85. The first-order chi connectivity index (χ1) is 11.5. The van der Waals surface area contributed by atoms with E-state index in [0.717, 1.165) is 6.26 Å². The summed E-state index contributed by atoms with van der Waals surface area (Å²) in [4.78, 5) is 12.2. The molecule has 1 amide bonds. The molecule has 0 bridgehead atoms. The zero-order chi connectivity index (χ0) is 18.8. The Bertz CT molecular complexity index is 997. The molecule has 0 aliphatic heterocycles. The van der Waals surface area contributed by atoms with Gasteiger partial charge in [0.05, 0.1) is 4.90 Å². The van der Waals surface area contributed by atoms with E-state index in [4.69, 9.17) is 0 Å².